The smallest absolute Gasteiger partial charge is 0.419 e. The van der Waals surface area contributed by atoms with Crippen LogP contribution in [0.1, 0.15) is 44.2 Å². The Hall–Kier alpha value is -3.35. The minimum absolute atomic E-state index is 0.000700. The van der Waals surface area contributed by atoms with Gasteiger partial charge in [-0.05, 0) is 32.9 Å². The average Bonchev–Trinajstić information content (AvgIpc) is 3.29. The first kappa shape index (κ1) is 20.4. The van der Waals surface area contributed by atoms with Gasteiger partial charge in [-0.2, -0.15) is 0 Å². The molecular formula is C22H23NO6. The number of rotatable bonds is 5. The van der Waals surface area contributed by atoms with Crippen LogP contribution >= 0.6 is 0 Å². The quantitative estimate of drug-likeness (QED) is 0.453. The number of hydrogen-bond acceptors (Lipinski definition) is 6. The SMILES string of the molecule is COC(=O)CCC(=O)c1cc(-c2cn(C(=O)OC(C)(C)C)c3ccccc23)co1. The second-order valence-electron chi connectivity index (χ2n) is 7.61. The lowest BCUT2D eigenvalue weighted by atomic mass is 10.1. The number of Topliss-reactive ketones (excluding diaryl/α,β-unsaturated/α-hetero) is 1. The number of esters is 1. The fourth-order valence-corrected chi connectivity index (χ4v) is 2.94. The summed E-state index contributed by atoms with van der Waals surface area (Å²) >= 11 is 0. The van der Waals surface area contributed by atoms with Crippen molar-refractivity contribution in [2.45, 2.75) is 39.2 Å². The second-order valence-corrected chi connectivity index (χ2v) is 7.61. The summed E-state index contributed by atoms with van der Waals surface area (Å²) in [4.78, 5) is 36.1. The molecule has 0 fully saturated rings. The Bertz CT molecular complexity index is 1070. The Morgan fingerprint density at radius 3 is 2.52 bits per heavy atom. The van der Waals surface area contributed by atoms with E-state index in [1.54, 1.807) is 33.0 Å². The Balaban J connectivity index is 1.93. The van der Waals surface area contributed by atoms with Crippen LogP contribution < -0.4 is 0 Å². The van der Waals surface area contributed by atoms with Crippen molar-refractivity contribution in [1.82, 2.24) is 4.57 Å². The van der Waals surface area contributed by atoms with E-state index in [1.165, 1.54) is 17.9 Å². The van der Waals surface area contributed by atoms with E-state index in [0.29, 0.717) is 11.1 Å². The van der Waals surface area contributed by atoms with Crippen molar-refractivity contribution in [2.24, 2.45) is 0 Å². The number of fused-ring (bicyclic) bond motifs is 1. The van der Waals surface area contributed by atoms with E-state index < -0.39 is 17.7 Å². The summed E-state index contributed by atoms with van der Waals surface area (Å²) in [5, 5.41) is 0.827. The van der Waals surface area contributed by atoms with Crippen LogP contribution in [0, 0.1) is 0 Å². The van der Waals surface area contributed by atoms with Gasteiger partial charge in [0.05, 0.1) is 25.3 Å². The number of aromatic nitrogens is 1. The van der Waals surface area contributed by atoms with Gasteiger partial charge in [0.2, 0.25) is 0 Å². The molecule has 0 saturated heterocycles. The minimum atomic E-state index is -0.627. The fourth-order valence-electron chi connectivity index (χ4n) is 2.94. The van der Waals surface area contributed by atoms with Gasteiger partial charge in [-0.3, -0.25) is 14.2 Å². The molecule has 0 aliphatic heterocycles. The number of ketones is 1. The number of carbonyl (C=O) groups is 3. The summed E-state index contributed by atoms with van der Waals surface area (Å²) in [7, 11) is 1.28. The number of furan rings is 1. The molecule has 7 nitrogen and oxygen atoms in total. The van der Waals surface area contributed by atoms with Gasteiger partial charge in [0, 0.05) is 29.1 Å². The maximum Gasteiger partial charge on any atom is 0.419 e. The topological polar surface area (TPSA) is 87.7 Å². The highest BCUT2D eigenvalue weighted by Gasteiger charge is 2.22. The van der Waals surface area contributed by atoms with Crippen LogP contribution in [0.4, 0.5) is 4.79 Å². The van der Waals surface area contributed by atoms with Gasteiger partial charge in [0.25, 0.3) is 0 Å². The third-order valence-corrected chi connectivity index (χ3v) is 4.27. The molecule has 0 aliphatic rings. The number of benzene rings is 1. The highest BCUT2D eigenvalue weighted by molar-refractivity contribution is 6.02. The molecule has 0 radical (unpaired) electrons. The van der Waals surface area contributed by atoms with Crippen molar-refractivity contribution in [3.8, 4) is 11.1 Å². The van der Waals surface area contributed by atoms with Crippen LogP contribution in [0.15, 0.2) is 47.2 Å². The van der Waals surface area contributed by atoms with Crippen molar-refractivity contribution < 1.29 is 28.3 Å². The number of methoxy groups -OCH3 is 1. The normalized spacial score (nSPS) is 11.4. The highest BCUT2D eigenvalue weighted by atomic mass is 16.6. The number of hydrogen-bond donors (Lipinski definition) is 0. The molecular weight excluding hydrogens is 374 g/mol. The Labute approximate surface area is 168 Å². The Morgan fingerprint density at radius 1 is 1.10 bits per heavy atom. The van der Waals surface area contributed by atoms with Gasteiger partial charge in [-0.15, -0.1) is 0 Å². The lowest BCUT2D eigenvalue weighted by Gasteiger charge is -2.19. The van der Waals surface area contributed by atoms with E-state index in [-0.39, 0.29) is 24.4 Å². The zero-order valence-corrected chi connectivity index (χ0v) is 16.9. The van der Waals surface area contributed by atoms with Crippen molar-refractivity contribution in [3.63, 3.8) is 0 Å². The van der Waals surface area contributed by atoms with Gasteiger partial charge in [0.15, 0.2) is 11.5 Å². The summed E-state index contributed by atoms with van der Waals surface area (Å²) < 4.78 is 16.9. The second kappa shape index (κ2) is 7.95. The minimum Gasteiger partial charge on any atom is -0.469 e. The molecule has 0 spiro atoms. The molecule has 0 saturated carbocycles. The highest BCUT2D eigenvalue weighted by Crippen LogP contribution is 2.32. The molecule has 152 valence electrons. The van der Waals surface area contributed by atoms with E-state index in [4.69, 9.17) is 9.15 Å². The standard InChI is InChI=1S/C22H23NO6/c1-22(2,3)29-21(26)23-12-16(15-7-5-6-8-17(15)23)14-11-19(28-13-14)18(24)9-10-20(25)27-4/h5-8,11-13H,9-10H2,1-4H3. The number of nitrogens with zero attached hydrogens (tertiary/aromatic N) is 1. The molecule has 2 heterocycles. The van der Waals surface area contributed by atoms with Crippen LogP contribution in [0.25, 0.3) is 22.0 Å². The summed E-state index contributed by atoms with van der Waals surface area (Å²) in [6.07, 6.45) is 2.64. The zero-order chi connectivity index (χ0) is 21.2. The van der Waals surface area contributed by atoms with Crippen molar-refractivity contribution in [3.05, 3.63) is 48.6 Å². The van der Waals surface area contributed by atoms with Crippen molar-refractivity contribution in [1.29, 1.82) is 0 Å². The summed E-state index contributed by atoms with van der Waals surface area (Å²) in [5.74, 6) is -0.596. The van der Waals surface area contributed by atoms with E-state index in [2.05, 4.69) is 4.74 Å². The number of ether oxygens (including phenoxy) is 2. The predicted octanol–water partition coefficient (Wildman–Crippen LogP) is 4.82. The van der Waals surface area contributed by atoms with Gasteiger partial charge >= 0.3 is 12.1 Å². The lowest BCUT2D eigenvalue weighted by Crippen LogP contribution is -2.26. The molecule has 0 aliphatic carbocycles. The largest absolute Gasteiger partial charge is 0.469 e. The average molecular weight is 397 g/mol. The Kier molecular flexibility index (Phi) is 5.59. The van der Waals surface area contributed by atoms with Crippen LogP contribution in [-0.2, 0) is 14.3 Å². The van der Waals surface area contributed by atoms with E-state index in [9.17, 15) is 14.4 Å². The summed E-state index contributed by atoms with van der Waals surface area (Å²) in [6.45, 7) is 5.42. The van der Waals surface area contributed by atoms with Crippen molar-refractivity contribution >= 4 is 28.7 Å². The fraction of sp³-hybridized carbons (Fsp3) is 0.318. The molecule has 0 bridgehead atoms. The summed E-state index contributed by atoms with van der Waals surface area (Å²) in [6, 6.07) is 9.03. The van der Waals surface area contributed by atoms with Crippen LogP contribution in [-0.4, -0.2) is 35.1 Å². The molecule has 0 N–H and O–H groups in total. The monoisotopic (exact) mass is 397 g/mol. The van der Waals surface area contributed by atoms with Crippen LogP contribution in [0.3, 0.4) is 0 Å². The lowest BCUT2D eigenvalue weighted by molar-refractivity contribution is -0.140. The number of carbonyl (C=O) groups excluding carboxylic acids is 3. The van der Waals surface area contributed by atoms with Gasteiger partial charge in [0.1, 0.15) is 5.60 Å². The number of para-hydroxylation sites is 1. The van der Waals surface area contributed by atoms with Gasteiger partial charge in [-0.1, -0.05) is 18.2 Å². The van der Waals surface area contributed by atoms with Gasteiger partial charge < -0.3 is 13.9 Å². The van der Waals surface area contributed by atoms with E-state index in [1.807, 2.05) is 24.3 Å². The van der Waals surface area contributed by atoms with Crippen LogP contribution in [0.5, 0.6) is 0 Å². The molecule has 3 aromatic rings. The first-order valence-corrected chi connectivity index (χ1v) is 9.22. The molecule has 29 heavy (non-hydrogen) atoms. The molecule has 3 rings (SSSR count). The van der Waals surface area contributed by atoms with E-state index in [0.717, 1.165) is 10.9 Å². The third kappa shape index (κ3) is 4.56. The molecule has 0 atom stereocenters. The summed E-state index contributed by atoms with van der Waals surface area (Å²) in [5.41, 5.74) is 1.46. The first-order chi connectivity index (χ1) is 13.7. The molecule has 2 aromatic heterocycles. The van der Waals surface area contributed by atoms with E-state index >= 15 is 0 Å². The maximum atomic E-state index is 12.6. The molecule has 0 unspecified atom stereocenters. The maximum absolute atomic E-state index is 12.6. The van der Waals surface area contributed by atoms with Crippen molar-refractivity contribution in [2.75, 3.05) is 7.11 Å². The predicted molar refractivity (Wildman–Crippen MR) is 107 cm³/mol. The van der Waals surface area contributed by atoms with Crippen LogP contribution in [0.2, 0.25) is 0 Å². The Morgan fingerprint density at radius 2 is 1.83 bits per heavy atom. The first-order valence-electron chi connectivity index (χ1n) is 9.22. The molecule has 7 heteroatoms. The third-order valence-electron chi connectivity index (χ3n) is 4.27. The molecule has 1 aromatic carbocycles. The van der Waals surface area contributed by atoms with Gasteiger partial charge in [-0.25, -0.2) is 4.79 Å². The molecule has 0 amide bonds. The zero-order valence-electron chi connectivity index (χ0n) is 16.9.